The van der Waals surface area contributed by atoms with Crippen LogP contribution in [-0.4, -0.2) is 90.1 Å². The third-order valence-electron chi connectivity index (χ3n) is 6.57. The van der Waals surface area contributed by atoms with E-state index in [1.807, 2.05) is 17.0 Å². The van der Waals surface area contributed by atoms with Crippen molar-refractivity contribution in [1.82, 2.24) is 14.6 Å². The first kappa shape index (κ1) is 20.4. The highest BCUT2D eigenvalue weighted by molar-refractivity contribution is 6.45. The molecule has 0 bridgehead atoms. The summed E-state index contributed by atoms with van der Waals surface area (Å²) in [6, 6.07) is 9.60. The third kappa shape index (κ3) is 4.19. The Labute approximate surface area is 173 Å². The normalized spacial score (nSPS) is 28.0. The van der Waals surface area contributed by atoms with E-state index in [4.69, 9.17) is 10.00 Å². The van der Waals surface area contributed by atoms with Crippen LogP contribution in [0, 0.1) is 11.3 Å². The molecule has 3 aliphatic heterocycles. The molecule has 8 heteroatoms. The second-order valence-electron chi connectivity index (χ2n) is 8.35. The highest BCUT2D eigenvalue weighted by Crippen LogP contribution is 2.30. The number of carbonyl (C=O) groups is 1. The molecule has 3 aliphatic rings. The average molecular weight is 396 g/mol. The van der Waals surface area contributed by atoms with Gasteiger partial charge in [-0.2, -0.15) is 5.26 Å². The maximum absolute atomic E-state index is 13.4. The maximum atomic E-state index is 13.4. The molecular weight excluding hydrogens is 367 g/mol. The van der Waals surface area contributed by atoms with Crippen molar-refractivity contribution in [3.05, 3.63) is 35.4 Å². The SMILES string of the molecule is CB(O)N1CCN(C(=O)Cc2cccc(C#N)c2)[C@@H]2C(N3CCCC3)COC[C@H]21. The number of hydrogen-bond acceptors (Lipinski definition) is 6. The number of ether oxygens (including phenoxy) is 1. The summed E-state index contributed by atoms with van der Waals surface area (Å²) in [5, 5.41) is 19.5. The van der Waals surface area contributed by atoms with E-state index in [0.717, 1.165) is 18.7 Å². The number of nitrogens with zero attached hydrogens (tertiary/aromatic N) is 4. The Morgan fingerprint density at radius 1 is 1.24 bits per heavy atom. The fourth-order valence-corrected chi connectivity index (χ4v) is 5.19. The lowest BCUT2D eigenvalue weighted by atomic mass is 9.78. The molecule has 3 fully saturated rings. The Morgan fingerprint density at radius 3 is 2.72 bits per heavy atom. The Balaban J connectivity index is 1.58. The van der Waals surface area contributed by atoms with Crippen LogP contribution < -0.4 is 0 Å². The number of hydrogen-bond donors (Lipinski definition) is 1. The molecule has 7 nitrogen and oxygen atoms in total. The first-order valence-corrected chi connectivity index (χ1v) is 10.6. The monoisotopic (exact) mass is 396 g/mol. The van der Waals surface area contributed by atoms with E-state index in [1.165, 1.54) is 12.8 Å². The molecule has 3 heterocycles. The predicted octanol–water partition coefficient (Wildman–Crippen LogP) is 0.587. The van der Waals surface area contributed by atoms with Gasteiger partial charge in [0.05, 0.1) is 43.4 Å². The lowest BCUT2D eigenvalue weighted by Gasteiger charge is -2.54. The van der Waals surface area contributed by atoms with Gasteiger partial charge >= 0.3 is 7.05 Å². The number of benzene rings is 1. The van der Waals surface area contributed by atoms with Crippen LogP contribution in [0.3, 0.4) is 0 Å². The Morgan fingerprint density at radius 2 is 2.00 bits per heavy atom. The smallest absolute Gasteiger partial charge is 0.376 e. The van der Waals surface area contributed by atoms with Crippen molar-refractivity contribution in [2.24, 2.45) is 0 Å². The van der Waals surface area contributed by atoms with Gasteiger partial charge in [-0.1, -0.05) is 12.1 Å². The minimum absolute atomic E-state index is 0.00232. The van der Waals surface area contributed by atoms with Gasteiger partial charge in [-0.3, -0.25) is 9.69 Å². The summed E-state index contributed by atoms with van der Waals surface area (Å²) in [4.78, 5) is 19.9. The minimum atomic E-state index is -0.562. The van der Waals surface area contributed by atoms with Crippen LogP contribution in [0.5, 0.6) is 0 Å². The molecule has 4 rings (SSSR count). The number of amides is 1. The average Bonchev–Trinajstić information content (AvgIpc) is 3.27. The van der Waals surface area contributed by atoms with Gasteiger partial charge < -0.3 is 19.5 Å². The fourth-order valence-electron chi connectivity index (χ4n) is 5.19. The first-order valence-electron chi connectivity index (χ1n) is 10.6. The van der Waals surface area contributed by atoms with Crippen LogP contribution in [0.25, 0.3) is 0 Å². The van der Waals surface area contributed by atoms with Gasteiger partial charge in [0.25, 0.3) is 0 Å². The highest BCUT2D eigenvalue weighted by Gasteiger charge is 2.49. The molecule has 0 aliphatic carbocycles. The van der Waals surface area contributed by atoms with Crippen LogP contribution in [0.4, 0.5) is 0 Å². The number of nitriles is 1. The van der Waals surface area contributed by atoms with E-state index in [2.05, 4.69) is 15.8 Å². The zero-order valence-corrected chi connectivity index (χ0v) is 17.0. The number of piperazine rings is 1. The lowest BCUT2D eigenvalue weighted by molar-refractivity contribution is -0.148. The summed E-state index contributed by atoms with van der Waals surface area (Å²) in [5.41, 5.74) is 1.45. The zero-order chi connectivity index (χ0) is 20.4. The van der Waals surface area contributed by atoms with E-state index in [0.29, 0.717) is 38.3 Å². The van der Waals surface area contributed by atoms with Crippen LogP contribution >= 0.6 is 0 Å². The van der Waals surface area contributed by atoms with E-state index >= 15 is 0 Å². The van der Waals surface area contributed by atoms with Gasteiger partial charge in [0, 0.05) is 19.1 Å². The van der Waals surface area contributed by atoms with Crippen LogP contribution in [0.2, 0.25) is 6.82 Å². The number of carbonyl (C=O) groups excluding carboxylic acids is 1. The lowest BCUT2D eigenvalue weighted by Crippen LogP contribution is -2.73. The maximum Gasteiger partial charge on any atom is 0.376 e. The molecule has 0 saturated carbocycles. The van der Waals surface area contributed by atoms with Crippen molar-refractivity contribution in [3.8, 4) is 6.07 Å². The molecule has 1 aromatic carbocycles. The molecular formula is C21H29BN4O3. The molecule has 0 aromatic heterocycles. The highest BCUT2D eigenvalue weighted by atomic mass is 16.5. The Kier molecular flexibility index (Phi) is 6.21. The summed E-state index contributed by atoms with van der Waals surface area (Å²) in [7, 11) is -0.562. The Bertz CT molecular complexity index is 771. The summed E-state index contributed by atoms with van der Waals surface area (Å²) >= 11 is 0. The molecule has 1 unspecified atom stereocenters. The van der Waals surface area contributed by atoms with Gasteiger partial charge in [0.2, 0.25) is 5.91 Å². The van der Waals surface area contributed by atoms with E-state index < -0.39 is 7.05 Å². The van der Waals surface area contributed by atoms with E-state index in [9.17, 15) is 9.82 Å². The fraction of sp³-hybridized carbons (Fsp3) is 0.619. The molecule has 1 N–H and O–H groups in total. The molecule has 29 heavy (non-hydrogen) atoms. The molecule has 0 spiro atoms. The number of rotatable bonds is 4. The molecule has 154 valence electrons. The van der Waals surface area contributed by atoms with Gasteiger partial charge in [-0.05, 0) is 50.5 Å². The molecule has 3 saturated heterocycles. The zero-order valence-electron chi connectivity index (χ0n) is 17.0. The standard InChI is InChI=1S/C21H29BN4O3/c1-22(28)26-10-9-25(20(27)12-16-5-4-6-17(11-16)13-23)21-18(14-29-15-19(21)26)24-7-2-3-8-24/h4-6,11,18-19,21,28H,2-3,7-10,12,14-15H2,1H3/t18?,19-,21-/m1/s1. The van der Waals surface area contributed by atoms with Crippen molar-refractivity contribution in [2.75, 3.05) is 39.4 Å². The first-order chi connectivity index (χ1) is 14.1. The van der Waals surface area contributed by atoms with Crippen molar-refractivity contribution in [2.45, 2.75) is 44.2 Å². The topological polar surface area (TPSA) is 80.0 Å². The van der Waals surface area contributed by atoms with Crippen molar-refractivity contribution >= 4 is 13.0 Å². The summed E-state index contributed by atoms with van der Waals surface area (Å²) in [6.07, 6.45) is 2.66. The van der Waals surface area contributed by atoms with Gasteiger partial charge in [-0.15, -0.1) is 0 Å². The number of fused-ring (bicyclic) bond motifs is 1. The van der Waals surface area contributed by atoms with E-state index in [1.54, 1.807) is 19.0 Å². The summed E-state index contributed by atoms with van der Waals surface area (Å²) in [6.45, 7) is 6.28. The van der Waals surface area contributed by atoms with Crippen LogP contribution in [0.1, 0.15) is 24.0 Å². The second-order valence-corrected chi connectivity index (χ2v) is 8.35. The molecule has 1 amide bonds. The molecule has 1 aromatic rings. The largest absolute Gasteiger partial charge is 0.437 e. The van der Waals surface area contributed by atoms with Crippen LogP contribution in [-0.2, 0) is 16.0 Å². The summed E-state index contributed by atoms with van der Waals surface area (Å²) in [5.74, 6) is 0.0893. The number of likely N-dealkylation sites (tertiary alicyclic amines) is 1. The van der Waals surface area contributed by atoms with Crippen molar-refractivity contribution in [1.29, 1.82) is 5.26 Å². The predicted molar refractivity (Wildman–Crippen MR) is 110 cm³/mol. The Hall–Kier alpha value is -1.92. The molecule has 3 atom stereocenters. The summed E-state index contributed by atoms with van der Waals surface area (Å²) < 4.78 is 5.95. The van der Waals surface area contributed by atoms with Gasteiger partial charge in [0.15, 0.2) is 0 Å². The third-order valence-corrected chi connectivity index (χ3v) is 6.57. The minimum Gasteiger partial charge on any atom is -0.437 e. The van der Waals surface area contributed by atoms with Crippen molar-refractivity contribution < 1.29 is 14.6 Å². The second kappa shape index (κ2) is 8.84. The quantitative estimate of drug-likeness (QED) is 0.751. The molecule has 0 radical (unpaired) electrons. The van der Waals surface area contributed by atoms with Crippen molar-refractivity contribution in [3.63, 3.8) is 0 Å². The van der Waals surface area contributed by atoms with Gasteiger partial charge in [-0.25, -0.2) is 0 Å². The van der Waals surface area contributed by atoms with E-state index in [-0.39, 0.29) is 24.0 Å². The van der Waals surface area contributed by atoms with Crippen LogP contribution in [0.15, 0.2) is 24.3 Å². The van der Waals surface area contributed by atoms with Gasteiger partial charge in [0.1, 0.15) is 0 Å².